The number of para-hydroxylation sites is 2. The highest BCUT2D eigenvalue weighted by Gasteiger charge is 2.31. The summed E-state index contributed by atoms with van der Waals surface area (Å²) in [5.74, 6) is -0.00896. The Morgan fingerprint density at radius 2 is 2.17 bits per heavy atom. The minimum atomic E-state index is -1.09. The zero-order valence-corrected chi connectivity index (χ0v) is 9.78. The summed E-state index contributed by atoms with van der Waals surface area (Å²) < 4.78 is 11.0. The summed E-state index contributed by atoms with van der Waals surface area (Å²) in [6, 6.07) is 6.06. The van der Waals surface area contributed by atoms with Gasteiger partial charge in [-0.3, -0.25) is 9.69 Å². The highest BCUT2D eigenvalue weighted by Crippen LogP contribution is 2.31. The van der Waals surface area contributed by atoms with Crippen LogP contribution in [0.15, 0.2) is 24.3 Å². The van der Waals surface area contributed by atoms with Crippen LogP contribution in [0.3, 0.4) is 0 Å². The Kier molecular flexibility index (Phi) is 3.36. The lowest BCUT2D eigenvalue weighted by Crippen LogP contribution is -2.51. The molecule has 0 fully saturated rings. The number of benzene rings is 1. The van der Waals surface area contributed by atoms with Crippen LogP contribution in [0.25, 0.3) is 0 Å². The molecule has 1 aromatic rings. The maximum Gasteiger partial charge on any atom is 0.326 e. The van der Waals surface area contributed by atoms with Gasteiger partial charge in [0.15, 0.2) is 11.5 Å². The molecule has 0 aromatic heterocycles. The molecular weight excluding hydrogens is 238 g/mol. The molecule has 0 aliphatic carbocycles. The summed E-state index contributed by atoms with van der Waals surface area (Å²) >= 11 is 0. The smallest absolute Gasteiger partial charge is 0.326 e. The third-order valence-electron chi connectivity index (χ3n) is 2.75. The first-order valence-corrected chi connectivity index (χ1v) is 5.47. The van der Waals surface area contributed by atoms with Crippen molar-refractivity contribution in [3.8, 4) is 11.5 Å². The van der Waals surface area contributed by atoms with Crippen molar-refractivity contribution in [2.24, 2.45) is 0 Å². The normalized spacial score (nSPS) is 18.8. The fourth-order valence-electron chi connectivity index (χ4n) is 1.69. The Balaban J connectivity index is 2.16. The molecule has 0 radical (unpaired) electrons. The van der Waals surface area contributed by atoms with Crippen LogP contribution in [0.4, 0.5) is 0 Å². The van der Waals surface area contributed by atoms with Gasteiger partial charge in [0.05, 0.1) is 0 Å². The molecule has 0 bridgehead atoms. The molecule has 2 atom stereocenters. The predicted octanol–water partition coefficient (Wildman–Crippen LogP) is 0.715. The molecule has 2 rings (SSSR count). The van der Waals surface area contributed by atoms with E-state index in [9.17, 15) is 9.59 Å². The average molecular weight is 251 g/mol. The Morgan fingerprint density at radius 3 is 2.78 bits per heavy atom. The lowest BCUT2D eigenvalue weighted by molar-refractivity contribution is -0.153. The molecule has 96 valence electrons. The van der Waals surface area contributed by atoms with Crippen molar-refractivity contribution >= 4 is 12.4 Å². The van der Waals surface area contributed by atoms with Gasteiger partial charge in [0, 0.05) is 0 Å². The number of fused-ring (bicyclic) bond motifs is 1. The first-order valence-electron chi connectivity index (χ1n) is 5.47. The lowest BCUT2D eigenvalue weighted by Gasteiger charge is -2.34. The number of rotatable bonds is 4. The van der Waals surface area contributed by atoms with Crippen LogP contribution < -0.4 is 9.47 Å². The van der Waals surface area contributed by atoms with E-state index < -0.39 is 18.2 Å². The zero-order chi connectivity index (χ0) is 13.1. The number of nitrogens with zero attached hydrogens (tertiary/aromatic N) is 1. The molecular formula is C12H13NO5. The van der Waals surface area contributed by atoms with Gasteiger partial charge in [0.1, 0.15) is 12.6 Å². The van der Waals surface area contributed by atoms with Crippen molar-refractivity contribution in [1.82, 2.24) is 4.90 Å². The van der Waals surface area contributed by atoms with Gasteiger partial charge in [0.25, 0.3) is 0 Å². The highest BCUT2D eigenvalue weighted by molar-refractivity contribution is 5.75. The number of ether oxygens (including phenoxy) is 2. The first kappa shape index (κ1) is 12.2. The standard InChI is InChI=1S/C12H13NO5/c1-8(12(15)16)13(7-14)11-6-17-9-4-2-3-5-10(9)18-11/h2-5,7-8,11H,6H2,1H3,(H,15,16). The second-order valence-corrected chi connectivity index (χ2v) is 3.90. The largest absolute Gasteiger partial charge is 0.484 e. The number of amides is 1. The van der Waals surface area contributed by atoms with E-state index in [2.05, 4.69) is 0 Å². The summed E-state index contributed by atoms with van der Waals surface area (Å²) in [4.78, 5) is 23.0. The minimum Gasteiger partial charge on any atom is -0.484 e. The Labute approximate surface area is 104 Å². The second-order valence-electron chi connectivity index (χ2n) is 3.90. The fourth-order valence-corrected chi connectivity index (χ4v) is 1.69. The summed E-state index contributed by atoms with van der Waals surface area (Å²) in [6.07, 6.45) is -0.274. The molecule has 1 amide bonds. The van der Waals surface area contributed by atoms with Crippen LogP contribution in [0.1, 0.15) is 6.92 Å². The summed E-state index contributed by atoms with van der Waals surface area (Å²) in [6.45, 7) is 1.52. The zero-order valence-electron chi connectivity index (χ0n) is 9.78. The molecule has 1 aliphatic heterocycles. The third kappa shape index (κ3) is 2.22. The fraction of sp³-hybridized carbons (Fsp3) is 0.333. The van der Waals surface area contributed by atoms with Gasteiger partial charge >= 0.3 is 5.97 Å². The van der Waals surface area contributed by atoms with Crippen molar-refractivity contribution in [2.75, 3.05) is 6.61 Å². The summed E-state index contributed by atoms with van der Waals surface area (Å²) in [5, 5.41) is 8.91. The number of hydrogen-bond donors (Lipinski definition) is 1. The van der Waals surface area contributed by atoms with Crippen molar-refractivity contribution < 1.29 is 24.2 Å². The van der Waals surface area contributed by atoms with Gasteiger partial charge in [-0.1, -0.05) is 12.1 Å². The van der Waals surface area contributed by atoms with E-state index in [0.29, 0.717) is 17.9 Å². The summed E-state index contributed by atoms with van der Waals surface area (Å²) in [7, 11) is 0. The van der Waals surface area contributed by atoms with Gasteiger partial charge in [-0.15, -0.1) is 0 Å². The molecule has 0 saturated heterocycles. The van der Waals surface area contributed by atoms with Crippen molar-refractivity contribution in [2.45, 2.75) is 19.2 Å². The number of carbonyl (C=O) groups is 2. The monoisotopic (exact) mass is 251 g/mol. The minimum absolute atomic E-state index is 0.105. The maximum atomic E-state index is 11.0. The summed E-state index contributed by atoms with van der Waals surface area (Å²) in [5.41, 5.74) is 0. The quantitative estimate of drug-likeness (QED) is 0.798. The van der Waals surface area contributed by atoms with E-state index in [1.165, 1.54) is 6.92 Å². The molecule has 2 unspecified atom stereocenters. The number of carbonyl (C=O) groups excluding carboxylic acids is 1. The van der Waals surface area contributed by atoms with E-state index >= 15 is 0 Å². The van der Waals surface area contributed by atoms with Crippen molar-refractivity contribution in [3.63, 3.8) is 0 Å². The van der Waals surface area contributed by atoms with Crippen molar-refractivity contribution in [3.05, 3.63) is 24.3 Å². The number of carboxylic acid groups (broad SMARTS) is 1. The Morgan fingerprint density at radius 1 is 1.50 bits per heavy atom. The lowest BCUT2D eigenvalue weighted by atomic mass is 10.2. The predicted molar refractivity (Wildman–Crippen MR) is 61.4 cm³/mol. The molecule has 1 aromatic carbocycles. The molecule has 0 spiro atoms. The molecule has 1 N–H and O–H groups in total. The van der Waals surface area contributed by atoms with Crippen LogP contribution in [0.5, 0.6) is 11.5 Å². The molecule has 6 nitrogen and oxygen atoms in total. The van der Waals surface area contributed by atoms with Gasteiger partial charge in [0.2, 0.25) is 12.6 Å². The molecule has 18 heavy (non-hydrogen) atoms. The van der Waals surface area contributed by atoms with Crippen molar-refractivity contribution in [1.29, 1.82) is 0 Å². The van der Waals surface area contributed by atoms with Gasteiger partial charge in [-0.05, 0) is 19.1 Å². The van der Waals surface area contributed by atoms with E-state index in [1.807, 2.05) is 0 Å². The van der Waals surface area contributed by atoms with Crippen LogP contribution in [0.2, 0.25) is 0 Å². The first-order chi connectivity index (χ1) is 8.63. The van der Waals surface area contributed by atoms with Gasteiger partial charge in [-0.25, -0.2) is 4.79 Å². The Hall–Kier alpha value is -2.24. The number of hydrogen-bond acceptors (Lipinski definition) is 4. The maximum absolute atomic E-state index is 11.0. The van der Waals surface area contributed by atoms with E-state index in [-0.39, 0.29) is 6.61 Å². The third-order valence-corrected chi connectivity index (χ3v) is 2.75. The second kappa shape index (κ2) is 4.95. The van der Waals surface area contributed by atoms with Crippen LogP contribution in [0, 0.1) is 0 Å². The molecule has 1 heterocycles. The Bertz CT molecular complexity index is 462. The highest BCUT2D eigenvalue weighted by atomic mass is 16.6. The number of aliphatic carboxylic acids is 1. The van der Waals surface area contributed by atoms with Crippen LogP contribution >= 0.6 is 0 Å². The van der Waals surface area contributed by atoms with E-state index in [0.717, 1.165) is 4.90 Å². The van der Waals surface area contributed by atoms with Gasteiger partial charge in [-0.2, -0.15) is 0 Å². The topological polar surface area (TPSA) is 76.1 Å². The van der Waals surface area contributed by atoms with E-state index in [4.69, 9.17) is 14.6 Å². The molecule has 6 heteroatoms. The van der Waals surface area contributed by atoms with Crippen LogP contribution in [-0.4, -0.2) is 41.3 Å². The van der Waals surface area contributed by atoms with Gasteiger partial charge < -0.3 is 14.6 Å². The molecule has 1 aliphatic rings. The molecule has 0 saturated carbocycles. The van der Waals surface area contributed by atoms with Crippen LogP contribution in [-0.2, 0) is 9.59 Å². The average Bonchev–Trinajstić information content (AvgIpc) is 2.39. The van der Waals surface area contributed by atoms with E-state index in [1.54, 1.807) is 24.3 Å². The number of carboxylic acids is 1. The SMILES string of the molecule is CC(C(=O)O)N(C=O)C1COc2ccccc2O1.